The lowest BCUT2D eigenvalue weighted by Crippen LogP contribution is -2.39. The molecule has 1 aliphatic heterocycles. The highest BCUT2D eigenvalue weighted by atomic mass is 19.1. The van der Waals surface area contributed by atoms with Gasteiger partial charge in [0.25, 0.3) is 5.91 Å². The molecule has 0 aliphatic carbocycles. The topological polar surface area (TPSA) is 75.4 Å². The molecule has 1 atom stereocenters. The Morgan fingerprint density at radius 1 is 1.28 bits per heavy atom. The van der Waals surface area contributed by atoms with Crippen molar-refractivity contribution in [2.24, 2.45) is 0 Å². The molecule has 2 heterocycles. The van der Waals surface area contributed by atoms with Gasteiger partial charge in [-0.05, 0) is 31.0 Å². The van der Waals surface area contributed by atoms with Gasteiger partial charge in [-0.1, -0.05) is 0 Å². The number of aromatic nitrogens is 2. The van der Waals surface area contributed by atoms with Crippen molar-refractivity contribution >= 4 is 11.9 Å². The minimum Gasteiger partial charge on any atom is -0.480 e. The predicted molar refractivity (Wildman–Crippen MR) is 84.1 cm³/mol. The lowest BCUT2D eigenvalue weighted by Gasteiger charge is -2.32. The van der Waals surface area contributed by atoms with Crippen molar-refractivity contribution in [1.29, 1.82) is 0 Å². The van der Waals surface area contributed by atoms with Crippen LogP contribution in [-0.2, 0) is 11.3 Å². The van der Waals surface area contributed by atoms with Crippen molar-refractivity contribution < 1.29 is 23.5 Å². The largest absolute Gasteiger partial charge is 0.480 e. The number of hydrogen-bond donors (Lipinski definition) is 1. The smallest absolute Gasteiger partial charge is 0.325 e. The SMILES string of the molecule is O=C(O)Cn1ccc([C@@H]2CCCN(C(=O)c3ccc(F)cc3F)C2)n1. The van der Waals surface area contributed by atoms with Crippen molar-refractivity contribution in [3.8, 4) is 0 Å². The monoisotopic (exact) mass is 349 g/mol. The lowest BCUT2D eigenvalue weighted by molar-refractivity contribution is -0.137. The minimum absolute atomic E-state index is 0.0451. The number of nitrogens with zero attached hydrogens (tertiary/aromatic N) is 3. The second-order valence-electron chi connectivity index (χ2n) is 6.05. The maximum absolute atomic E-state index is 13.8. The van der Waals surface area contributed by atoms with Crippen molar-refractivity contribution in [2.45, 2.75) is 25.3 Å². The molecular formula is C17H17F2N3O3. The Kier molecular flexibility index (Phi) is 4.78. The molecule has 1 N–H and O–H groups in total. The van der Waals surface area contributed by atoms with Gasteiger partial charge in [-0.2, -0.15) is 5.10 Å². The van der Waals surface area contributed by atoms with Crippen LogP contribution in [0.4, 0.5) is 8.78 Å². The van der Waals surface area contributed by atoms with Gasteiger partial charge in [0.2, 0.25) is 0 Å². The van der Waals surface area contributed by atoms with E-state index in [1.165, 1.54) is 9.58 Å². The number of carbonyl (C=O) groups is 2. The van der Waals surface area contributed by atoms with E-state index in [1.54, 1.807) is 12.3 Å². The molecule has 1 aromatic carbocycles. The van der Waals surface area contributed by atoms with E-state index in [9.17, 15) is 18.4 Å². The van der Waals surface area contributed by atoms with Gasteiger partial charge in [-0.25, -0.2) is 8.78 Å². The zero-order chi connectivity index (χ0) is 18.0. The third-order valence-electron chi connectivity index (χ3n) is 4.25. The Morgan fingerprint density at radius 2 is 2.08 bits per heavy atom. The van der Waals surface area contributed by atoms with Gasteiger partial charge in [0.05, 0.1) is 11.3 Å². The average Bonchev–Trinajstić information content (AvgIpc) is 3.02. The minimum atomic E-state index is -0.984. The van der Waals surface area contributed by atoms with Crippen molar-refractivity contribution in [2.75, 3.05) is 13.1 Å². The number of benzene rings is 1. The molecule has 0 spiro atoms. The molecule has 132 valence electrons. The molecule has 1 amide bonds. The van der Waals surface area contributed by atoms with Crippen molar-refractivity contribution in [3.05, 3.63) is 53.4 Å². The number of hydrogen-bond acceptors (Lipinski definition) is 3. The fourth-order valence-electron chi connectivity index (χ4n) is 3.06. The molecule has 3 rings (SSSR count). The second-order valence-corrected chi connectivity index (χ2v) is 6.05. The fraction of sp³-hybridized carbons (Fsp3) is 0.353. The average molecular weight is 349 g/mol. The van der Waals surface area contributed by atoms with E-state index in [1.807, 2.05) is 0 Å². The van der Waals surface area contributed by atoms with Crippen LogP contribution < -0.4 is 0 Å². The molecule has 0 radical (unpaired) electrons. The van der Waals surface area contributed by atoms with E-state index in [0.717, 1.165) is 25.0 Å². The Bertz CT molecular complexity index is 806. The van der Waals surface area contributed by atoms with Gasteiger partial charge in [0, 0.05) is 31.3 Å². The summed E-state index contributed by atoms with van der Waals surface area (Å²) < 4.78 is 28.2. The number of carbonyl (C=O) groups excluding carboxylic acids is 1. The Morgan fingerprint density at radius 3 is 2.80 bits per heavy atom. The van der Waals surface area contributed by atoms with Crippen LogP contribution >= 0.6 is 0 Å². The van der Waals surface area contributed by atoms with Crippen LogP contribution in [0.15, 0.2) is 30.5 Å². The van der Waals surface area contributed by atoms with Crippen molar-refractivity contribution in [3.63, 3.8) is 0 Å². The van der Waals surface area contributed by atoms with Gasteiger partial charge >= 0.3 is 5.97 Å². The Hall–Kier alpha value is -2.77. The molecule has 0 unspecified atom stereocenters. The molecule has 1 saturated heterocycles. The lowest BCUT2D eigenvalue weighted by atomic mass is 9.94. The first-order valence-corrected chi connectivity index (χ1v) is 7.93. The van der Waals surface area contributed by atoms with Gasteiger partial charge in [-0.15, -0.1) is 0 Å². The normalized spacial score (nSPS) is 17.5. The highest BCUT2D eigenvalue weighted by Crippen LogP contribution is 2.27. The van der Waals surface area contributed by atoms with Crippen LogP contribution in [0.25, 0.3) is 0 Å². The van der Waals surface area contributed by atoms with E-state index in [2.05, 4.69) is 5.10 Å². The van der Waals surface area contributed by atoms with Crippen molar-refractivity contribution in [1.82, 2.24) is 14.7 Å². The molecule has 8 heteroatoms. The van der Waals surface area contributed by atoms with E-state index in [-0.39, 0.29) is 18.0 Å². The summed E-state index contributed by atoms with van der Waals surface area (Å²) in [5.41, 5.74) is 0.553. The molecule has 2 aromatic rings. The summed E-state index contributed by atoms with van der Waals surface area (Å²) in [6, 6.07) is 4.64. The highest BCUT2D eigenvalue weighted by Gasteiger charge is 2.28. The maximum Gasteiger partial charge on any atom is 0.325 e. The molecule has 6 nitrogen and oxygen atoms in total. The van der Waals surface area contributed by atoms with E-state index >= 15 is 0 Å². The second kappa shape index (κ2) is 7.00. The van der Waals surface area contributed by atoms with Gasteiger partial charge in [0.15, 0.2) is 0 Å². The van der Waals surface area contributed by atoms with Crippen LogP contribution in [0, 0.1) is 11.6 Å². The molecule has 0 bridgehead atoms. The molecule has 1 aliphatic rings. The summed E-state index contributed by atoms with van der Waals surface area (Å²) in [5, 5.41) is 13.0. The third-order valence-corrected chi connectivity index (χ3v) is 4.25. The third kappa shape index (κ3) is 3.84. The van der Waals surface area contributed by atoms with Crippen LogP contribution in [0.3, 0.4) is 0 Å². The number of aliphatic carboxylic acids is 1. The summed E-state index contributed by atoms with van der Waals surface area (Å²) in [6.45, 7) is 0.623. The zero-order valence-electron chi connectivity index (χ0n) is 13.4. The Balaban J connectivity index is 1.73. The number of piperidine rings is 1. The zero-order valence-corrected chi connectivity index (χ0v) is 13.4. The number of rotatable bonds is 4. The summed E-state index contributed by atoms with van der Waals surface area (Å²) in [6.07, 6.45) is 3.12. The number of carboxylic acids is 1. The van der Waals surface area contributed by atoms with Gasteiger partial charge < -0.3 is 10.0 Å². The number of halogens is 2. The molecule has 1 aromatic heterocycles. The highest BCUT2D eigenvalue weighted by molar-refractivity contribution is 5.94. The number of likely N-dealkylation sites (tertiary alicyclic amines) is 1. The first-order chi connectivity index (χ1) is 11.9. The van der Waals surface area contributed by atoms with E-state index < -0.39 is 23.5 Å². The number of amides is 1. The first kappa shape index (κ1) is 17.1. The molecule has 1 fully saturated rings. The van der Waals surface area contributed by atoms with E-state index in [4.69, 9.17) is 5.11 Å². The summed E-state index contributed by atoms with van der Waals surface area (Å²) in [4.78, 5) is 24.8. The quantitative estimate of drug-likeness (QED) is 0.919. The molecule has 25 heavy (non-hydrogen) atoms. The van der Waals surface area contributed by atoms with Gasteiger partial charge in [0.1, 0.15) is 18.2 Å². The fourth-order valence-corrected chi connectivity index (χ4v) is 3.06. The van der Waals surface area contributed by atoms with Crippen LogP contribution in [0.1, 0.15) is 34.8 Å². The molecule has 0 saturated carbocycles. The summed E-state index contributed by atoms with van der Waals surface area (Å²) >= 11 is 0. The van der Waals surface area contributed by atoms with Crippen LogP contribution in [0.5, 0.6) is 0 Å². The van der Waals surface area contributed by atoms with Crippen LogP contribution in [-0.4, -0.2) is 44.8 Å². The van der Waals surface area contributed by atoms with E-state index in [0.29, 0.717) is 24.8 Å². The van der Waals surface area contributed by atoms with Gasteiger partial charge in [-0.3, -0.25) is 14.3 Å². The van der Waals surface area contributed by atoms with Crippen LogP contribution in [0.2, 0.25) is 0 Å². The standard InChI is InChI=1S/C17H17F2N3O3/c18-12-3-4-13(14(19)8-12)17(25)21-6-1-2-11(9-21)15-5-7-22(20-15)10-16(23)24/h3-5,7-8,11H,1-2,6,9-10H2,(H,23,24)/t11-/m1/s1. The predicted octanol–water partition coefficient (Wildman–Crippen LogP) is 2.27. The maximum atomic E-state index is 13.8. The molecular weight excluding hydrogens is 332 g/mol. The Labute approximate surface area is 142 Å². The summed E-state index contributed by atoms with van der Waals surface area (Å²) in [7, 11) is 0. The first-order valence-electron chi connectivity index (χ1n) is 7.93. The number of carboxylic acid groups (broad SMARTS) is 1. The summed E-state index contributed by atoms with van der Waals surface area (Å²) in [5.74, 6) is -3.11.